The van der Waals surface area contributed by atoms with Crippen molar-refractivity contribution in [3.05, 3.63) is 10.1 Å². The molecule has 0 spiro atoms. The predicted octanol–water partition coefficient (Wildman–Crippen LogP) is 1.38. The van der Waals surface area contributed by atoms with Gasteiger partial charge in [0.05, 0.1) is 6.54 Å². The van der Waals surface area contributed by atoms with Crippen LogP contribution in [0.25, 0.3) is 0 Å². The van der Waals surface area contributed by atoms with E-state index in [1.54, 1.807) is 6.92 Å². The molecule has 1 saturated heterocycles. The van der Waals surface area contributed by atoms with E-state index >= 15 is 0 Å². The highest BCUT2D eigenvalue weighted by atomic mass is 16.6. The van der Waals surface area contributed by atoms with E-state index in [0.29, 0.717) is 6.54 Å². The van der Waals surface area contributed by atoms with Crippen molar-refractivity contribution >= 4 is 0 Å². The minimum absolute atomic E-state index is 0.196. The predicted molar refractivity (Wildman–Crippen MR) is 51.3 cm³/mol. The fourth-order valence-corrected chi connectivity index (χ4v) is 1.68. The van der Waals surface area contributed by atoms with Gasteiger partial charge in [-0.05, 0) is 31.8 Å². The molecule has 1 heterocycles. The van der Waals surface area contributed by atoms with Gasteiger partial charge >= 0.3 is 0 Å². The summed E-state index contributed by atoms with van der Waals surface area (Å²) < 4.78 is 0. The number of rotatable bonds is 3. The molecule has 0 aromatic carbocycles. The van der Waals surface area contributed by atoms with Crippen LogP contribution in [0.3, 0.4) is 0 Å². The van der Waals surface area contributed by atoms with Gasteiger partial charge in [-0.1, -0.05) is 6.92 Å². The van der Waals surface area contributed by atoms with Crippen molar-refractivity contribution < 1.29 is 4.92 Å². The molecule has 0 N–H and O–H groups in total. The van der Waals surface area contributed by atoms with Gasteiger partial charge in [-0.25, -0.2) is 0 Å². The summed E-state index contributed by atoms with van der Waals surface area (Å²) in [5.41, 5.74) is 0. The average molecular weight is 186 g/mol. The lowest BCUT2D eigenvalue weighted by molar-refractivity contribution is -0.518. The Morgan fingerprint density at radius 2 is 2.08 bits per heavy atom. The lowest BCUT2D eigenvalue weighted by Crippen LogP contribution is -2.39. The summed E-state index contributed by atoms with van der Waals surface area (Å²) in [5.74, 6) is 0.794. The Morgan fingerprint density at radius 3 is 2.54 bits per heavy atom. The molecule has 0 aromatic heterocycles. The zero-order valence-corrected chi connectivity index (χ0v) is 8.40. The van der Waals surface area contributed by atoms with Crippen molar-refractivity contribution in [3.63, 3.8) is 0 Å². The summed E-state index contributed by atoms with van der Waals surface area (Å²) in [5, 5.41) is 10.4. The van der Waals surface area contributed by atoms with Gasteiger partial charge in [0.15, 0.2) is 0 Å². The summed E-state index contributed by atoms with van der Waals surface area (Å²) in [6.07, 6.45) is 2.37. The lowest BCUT2D eigenvalue weighted by Gasteiger charge is -2.30. The Kier molecular flexibility index (Phi) is 3.66. The van der Waals surface area contributed by atoms with Gasteiger partial charge in [0.1, 0.15) is 0 Å². The minimum Gasteiger partial charge on any atom is -0.297 e. The molecule has 1 atom stereocenters. The van der Waals surface area contributed by atoms with Crippen molar-refractivity contribution in [1.82, 2.24) is 4.90 Å². The van der Waals surface area contributed by atoms with Crippen molar-refractivity contribution in [2.75, 3.05) is 19.6 Å². The van der Waals surface area contributed by atoms with Gasteiger partial charge in [-0.15, -0.1) is 0 Å². The Morgan fingerprint density at radius 1 is 1.54 bits per heavy atom. The van der Waals surface area contributed by atoms with Crippen molar-refractivity contribution in [2.24, 2.45) is 5.92 Å². The summed E-state index contributed by atoms with van der Waals surface area (Å²) >= 11 is 0. The summed E-state index contributed by atoms with van der Waals surface area (Å²) in [4.78, 5) is 12.4. The first-order chi connectivity index (χ1) is 6.09. The minimum atomic E-state index is -0.423. The molecule has 0 radical (unpaired) electrons. The maximum Gasteiger partial charge on any atom is 0.222 e. The number of nitro groups is 1. The van der Waals surface area contributed by atoms with Crippen molar-refractivity contribution in [3.8, 4) is 0 Å². The molecule has 0 bridgehead atoms. The van der Waals surface area contributed by atoms with Crippen molar-refractivity contribution in [1.29, 1.82) is 0 Å². The monoisotopic (exact) mass is 186 g/mol. The maximum atomic E-state index is 10.4. The zero-order chi connectivity index (χ0) is 9.84. The first-order valence-electron chi connectivity index (χ1n) is 4.95. The van der Waals surface area contributed by atoms with Crippen LogP contribution >= 0.6 is 0 Å². The number of piperidine rings is 1. The van der Waals surface area contributed by atoms with Gasteiger partial charge in [0.2, 0.25) is 6.04 Å². The number of nitrogens with zero attached hydrogens (tertiary/aromatic N) is 2. The van der Waals surface area contributed by atoms with E-state index in [0.717, 1.165) is 19.0 Å². The van der Waals surface area contributed by atoms with Gasteiger partial charge in [0.25, 0.3) is 0 Å². The Balaban J connectivity index is 2.26. The molecule has 0 saturated carbocycles. The highest BCUT2D eigenvalue weighted by Crippen LogP contribution is 2.16. The van der Waals surface area contributed by atoms with Gasteiger partial charge in [0, 0.05) is 11.8 Å². The van der Waals surface area contributed by atoms with Crippen LogP contribution < -0.4 is 0 Å². The highest BCUT2D eigenvalue weighted by Gasteiger charge is 2.21. The number of likely N-dealkylation sites (tertiary alicyclic amines) is 1. The van der Waals surface area contributed by atoms with Gasteiger partial charge in [-0.3, -0.25) is 15.0 Å². The smallest absolute Gasteiger partial charge is 0.222 e. The van der Waals surface area contributed by atoms with Gasteiger partial charge < -0.3 is 0 Å². The Labute approximate surface area is 79.1 Å². The average Bonchev–Trinajstić information content (AvgIpc) is 2.08. The second-order valence-corrected chi connectivity index (χ2v) is 4.12. The molecule has 76 valence electrons. The van der Waals surface area contributed by atoms with Crippen LogP contribution in [0.1, 0.15) is 26.7 Å². The number of hydrogen-bond donors (Lipinski definition) is 0. The summed E-state index contributed by atoms with van der Waals surface area (Å²) in [7, 11) is 0. The largest absolute Gasteiger partial charge is 0.297 e. The molecule has 0 amide bonds. The first-order valence-corrected chi connectivity index (χ1v) is 4.95. The van der Waals surface area contributed by atoms with Crippen LogP contribution in [0.2, 0.25) is 0 Å². The molecule has 4 nitrogen and oxygen atoms in total. The number of hydrogen-bond acceptors (Lipinski definition) is 3. The second kappa shape index (κ2) is 4.56. The van der Waals surface area contributed by atoms with Crippen LogP contribution in [0, 0.1) is 16.0 Å². The molecule has 1 unspecified atom stereocenters. The molecular formula is C9H18N2O2. The fourth-order valence-electron chi connectivity index (χ4n) is 1.68. The van der Waals surface area contributed by atoms with E-state index in [9.17, 15) is 10.1 Å². The van der Waals surface area contributed by atoms with Crippen LogP contribution in [0.5, 0.6) is 0 Å². The summed E-state index contributed by atoms with van der Waals surface area (Å²) in [6, 6.07) is -0.423. The molecule has 0 aromatic rings. The van der Waals surface area contributed by atoms with Gasteiger partial charge in [-0.2, -0.15) is 0 Å². The van der Waals surface area contributed by atoms with E-state index in [2.05, 4.69) is 11.8 Å². The third-order valence-corrected chi connectivity index (χ3v) is 2.76. The molecule has 1 aliphatic rings. The van der Waals surface area contributed by atoms with E-state index in [-0.39, 0.29) is 4.92 Å². The molecule has 4 heteroatoms. The normalized spacial score (nSPS) is 22.9. The molecule has 0 aliphatic carbocycles. The Hall–Kier alpha value is -0.640. The van der Waals surface area contributed by atoms with Crippen LogP contribution in [-0.4, -0.2) is 35.5 Å². The van der Waals surface area contributed by atoms with Crippen LogP contribution in [-0.2, 0) is 0 Å². The third kappa shape index (κ3) is 3.30. The fraction of sp³-hybridized carbons (Fsp3) is 1.00. The third-order valence-electron chi connectivity index (χ3n) is 2.76. The van der Waals surface area contributed by atoms with E-state index in [1.165, 1.54) is 12.8 Å². The van der Waals surface area contributed by atoms with Crippen LogP contribution in [0.4, 0.5) is 0 Å². The topological polar surface area (TPSA) is 46.4 Å². The van der Waals surface area contributed by atoms with E-state index in [4.69, 9.17) is 0 Å². The van der Waals surface area contributed by atoms with E-state index < -0.39 is 6.04 Å². The molecule has 1 fully saturated rings. The molecule has 13 heavy (non-hydrogen) atoms. The Bertz CT molecular complexity index is 176. The molecule has 1 rings (SSSR count). The van der Waals surface area contributed by atoms with Crippen LogP contribution in [0.15, 0.2) is 0 Å². The SMILES string of the molecule is CC1CCN(CC(C)[N+](=O)[O-])CC1. The summed E-state index contributed by atoms with van der Waals surface area (Å²) in [6.45, 7) is 6.59. The molecular weight excluding hydrogens is 168 g/mol. The highest BCUT2D eigenvalue weighted by molar-refractivity contribution is 4.70. The molecule has 1 aliphatic heterocycles. The van der Waals surface area contributed by atoms with E-state index in [1.807, 2.05) is 0 Å². The maximum absolute atomic E-state index is 10.4. The quantitative estimate of drug-likeness (QED) is 0.494. The van der Waals surface area contributed by atoms with Crippen molar-refractivity contribution in [2.45, 2.75) is 32.7 Å². The zero-order valence-electron chi connectivity index (χ0n) is 8.40. The standard InChI is InChI=1S/C9H18N2O2/c1-8-3-5-10(6-4-8)7-9(2)11(12)13/h8-9H,3-7H2,1-2H3. The second-order valence-electron chi connectivity index (χ2n) is 4.12. The first kappa shape index (κ1) is 10.4. The lowest BCUT2D eigenvalue weighted by atomic mass is 9.99.